The summed E-state index contributed by atoms with van der Waals surface area (Å²) in [5.41, 5.74) is 10.8. The summed E-state index contributed by atoms with van der Waals surface area (Å²) in [5.74, 6) is 2.07. The summed E-state index contributed by atoms with van der Waals surface area (Å²) in [6.45, 7) is 9.17. The van der Waals surface area contributed by atoms with Crippen molar-refractivity contribution in [2.75, 3.05) is 0 Å². The summed E-state index contributed by atoms with van der Waals surface area (Å²) < 4.78 is 4.95. The first-order valence-corrected chi connectivity index (χ1v) is 10.9. The Labute approximate surface area is 179 Å². The van der Waals surface area contributed by atoms with E-state index in [1.165, 1.54) is 50.7 Å². The zero-order valence-corrected chi connectivity index (χ0v) is 18.5. The number of rotatable bonds is 3. The molecule has 0 saturated heterocycles. The Hall–Kier alpha value is -3.13. The third-order valence-electron chi connectivity index (χ3n) is 6.60. The van der Waals surface area contributed by atoms with Gasteiger partial charge in [0.2, 0.25) is 0 Å². The third-order valence-corrected chi connectivity index (χ3v) is 6.60. The Bertz CT molecular complexity index is 1250. The SMILES string of the molecule is Cc1ccccc1-c1c2n(c(-c3ccccc3)[n+]1C)-c1c(C(C)C)cccc1C2C. The molecule has 0 saturated carbocycles. The van der Waals surface area contributed by atoms with Crippen molar-refractivity contribution in [1.29, 1.82) is 0 Å². The van der Waals surface area contributed by atoms with Gasteiger partial charge in [-0.15, -0.1) is 0 Å². The van der Waals surface area contributed by atoms with E-state index in [2.05, 4.69) is 117 Å². The maximum atomic E-state index is 2.55. The molecular formula is C28H29N2+. The average Bonchev–Trinajstić information content (AvgIpc) is 3.20. The minimum Gasteiger partial charge on any atom is -0.225 e. The summed E-state index contributed by atoms with van der Waals surface area (Å²) in [6.07, 6.45) is 0. The molecule has 1 aromatic heterocycles. The number of imidazole rings is 1. The number of para-hydroxylation sites is 1. The summed E-state index contributed by atoms with van der Waals surface area (Å²) >= 11 is 0. The Balaban J connectivity index is 1.94. The number of hydrogen-bond acceptors (Lipinski definition) is 0. The lowest BCUT2D eigenvalue weighted by Gasteiger charge is -2.12. The lowest BCUT2D eigenvalue weighted by atomic mass is 9.92. The van der Waals surface area contributed by atoms with Gasteiger partial charge < -0.3 is 0 Å². The van der Waals surface area contributed by atoms with Crippen LogP contribution in [0.15, 0.2) is 72.8 Å². The molecule has 150 valence electrons. The molecule has 2 heterocycles. The van der Waals surface area contributed by atoms with Gasteiger partial charge in [-0.2, -0.15) is 4.57 Å². The van der Waals surface area contributed by atoms with Crippen molar-refractivity contribution in [2.24, 2.45) is 7.05 Å². The molecule has 0 fully saturated rings. The second-order valence-electron chi connectivity index (χ2n) is 8.79. The van der Waals surface area contributed by atoms with Crippen LogP contribution in [-0.4, -0.2) is 4.57 Å². The van der Waals surface area contributed by atoms with E-state index in [-0.39, 0.29) is 0 Å². The molecule has 0 N–H and O–H groups in total. The van der Waals surface area contributed by atoms with E-state index in [4.69, 9.17) is 0 Å². The molecule has 5 rings (SSSR count). The molecular weight excluding hydrogens is 364 g/mol. The highest BCUT2D eigenvalue weighted by Crippen LogP contribution is 2.47. The van der Waals surface area contributed by atoms with Gasteiger partial charge in [0.15, 0.2) is 11.4 Å². The highest BCUT2D eigenvalue weighted by atomic mass is 15.2. The van der Waals surface area contributed by atoms with Crippen LogP contribution in [0.4, 0.5) is 0 Å². The number of aromatic nitrogens is 2. The predicted octanol–water partition coefficient (Wildman–Crippen LogP) is 6.53. The second-order valence-corrected chi connectivity index (χ2v) is 8.79. The highest BCUT2D eigenvalue weighted by molar-refractivity contribution is 5.74. The zero-order chi connectivity index (χ0) is 21.0. The standard InChI is InChI=1S/C28H29N2/c1-18(2)22-16-11-17-24-20(4)25-27(23-15-10-9-12-19(23)3)29(5)28(30(25)26(22)24)21-13-7-6-8-14-21/h6-18,20H,1-5H3/q+1. The molecule has 3 aromatic carbocycles. The van der Waals surface area contributed by atoms with Crippen LogP contribution in [0.1, 0.15) is 55.0 Å². The molecule has 1 atom stereocenters. The highest BCUT2D eigenvalue weighted by Gasteiger charge is 2.43. The first kappa shape index (κ1) is 18.9. The first-order valence-electron chi connectivity index (χ1n) is 10.9. The molecule has 0 amide bonds. The number of fused-ring (bicyclic) bond motifs is 3. The fourth-order valence-corrected chi connectivity index (χ4v) is 5.14. The monoisotopic (exact) mass is 393 g/mol. The van der Waals surface area contributed by atoms with Gasteiger partial charge in [-0.05, 0) is 30.5 Å². The van der Waals surface area contributed by atoms with Crippen LogP contribution in [-0.2, 0) is 7.05 Å². The molecule has 1 aliphatic rings. The topological polar surface area (TPSA) is 8.81 Å². The van der Waals surface area contributed by atoms with E-state index in [1.54, 1.807) is 0 Å². The minimum atomic E-state index is 0.344. The van der Waals surface area contributed by atoms with E-state index in [0.717, 1.165) is 0 Å². The molecule has 0 aliphatic carbocycles. The molecule has 30 heavy (non-hydrogen) atoms. The molecule has 2 nitrogen and oxygen atoms in total. The van der Waals surface area contributed by atoms with Crippen molar-refractivity contribution in [3.8, 4) is 28.3 Å². The van der Waals surface area contributed by atoms with Crippen molar-refractivity contribution in [3.05, 3.63) is 95.2 Å². The summed E-state index contributed by atoms with van der Waals surface area (Å²) in [5, 5.41) is 0. The molecule has 0 bridgehead atoms. The van der Waals surface area contributed by atoms with Gasteiger partial charge in [0.25, 0.3) is 5.82 Å². The van der Waals surface area contributed by atoms with Crippen LogP contribution >= 0.6 is 0 Å². The number of aryl methyl sites for hydroxylation is 1. The molecule has 0 spiro atoms. The Kier molecular flexibility index (Phi) is 4.39. The van der Waals surface area contributed by atoms with E-state index >= 15 is 0 Å². The van der Waals surface area contributed by atoms with Crippen LogP contribution in [0.25, 0.3) is 28.3 Å². The smallest absolute Gasteiger partial charge is 0.225 e. The summed E-state index contributed by atoms with van der Waals surface area (Å²) in [7, 11) is 2.22. The molecule has 0 radical (unpaired) electrons. The minimum absolute atomic E-state index is 0.344. The van der Waals surface area contributed by atoms with Gasteiger partial charge >= 0.3 is 0 Å². The van der Waals surface area contributed by atoms with Gasteiger partial charge in [0.05, 0.1) is 18.5 Å². The van der Waals surface area contributed by atoms with E-state index in [0.29, 0.717) is 11.8 Å². The van der Waals surface area contributed by atoms with Crippen molar-refractivity contribution in [2.45, 2.75) is 39.5 Å². The third kappa shape index (κ3) is 2.60. The zero-order valence-electron chi connectivity index (χ0n) is 18.5. The molecule has 4 aromatic rings. The van der Waals surface area contributed by atoms with Gasteiger partial charge in [-0.3, -0.25) is 0 Å². The van der Waals surface area contributed by atoms with Crippen molar-refractivity contribution >= 4 is 0 Å². The molecule has 2 heteroatoms. The first-order chi connectivity index (χ1) is 14.5. The molecule has 1 unspecified atom stereocenters. The number of hydrogen-bond donors (Lipinski definition) is 0. The van der Waals surface area contributed by atoms with Gasteiger partial charge in [0.1, 0.15) is 5.69 Å². The van der Waals surface area contributed by atoms with Gasteiger partial charge in [0, 0.05) is 16.7 Å². The Morgan fingerprint density at radius 1 is 0.867 bits per heavy atom. The Morgan fingerprint density at radius 2 is 1.57 bits per heavy atom. The van der Waals surface area contributed by atoms with Gasteiger partial charge in [-0.1, -0.05) is 81.4 Å². The van der Waals surface area contributed by atoms with Crippen LogP contribution in [0.5, 0.6) is 0 Å². The lowest BCUT2D eigenvalue weighted by Crippen LogP contribution is -2.32. The second kappa shape index (κ2) is 6.98. The maximum absolute atomic E-state index is 2.55. The summed E-state index contributed by atoms with van der Waals surface area (Å²) in [4.78, 5) is 0. The van der Waals surface area contributed by atoms with Crippen LogP contribution in [0, 0.1) is 6.92 Å². The fourth-order valence-electron chi connectivity index (χ4n) is 5.14. The summed E-state index contributed by atoms with van der Waals surface area (Å²) in [6, 6.07) is 26.4. The van der Waals surface area contributed by atoms with E-state index in [1.807, 2.05) is 0 Å². The number of benzene rings is 3. The van der Waals surface area contributed by atoms with Crippen molar-refractivity contribution < 1.29 is 4.57 Å². The number of nitrogens with zero attached hydrogens (tertiary/aromatic N) is 2. The van der Waals surface area contributed by atoms with Crippen LogP contribution in [0.3, 0.4) is 0 Å². The van der Waals surface area contributed by atoms with Crippen molar-refractivity contribution in [1.82, 2.24) is 4.57 Å². The lowest BCUT2D eigenvalue weighted by molar-refractivity contribution is -0.648. The quantitative estimate of drug-likeness (QED) is 0.350. The average molecular weight is 394 g/mol. The molecule has 1 aliphatic heterocycles. The largest absolute Gasteiger partial charge is 0.294 e. The normalized spacial score (nSPS) is 14.8. The Morgan fingerprint density at radius 3 is 2.27 bits per heavy atom. The van der Waals surface area contributed by atoms with Crippen LogP contribution in [0.2, 0.25) is 0 Å². The predicted molar refractivity (Wildman–Crippen MR) is 124 cm³/mol. The maximum Gasteiger partial charge on any atom is 0.294 e. The van der Waals surface area contributed by atoms with E-state index in [9.17, 15) is 0 Å². The van der Waals surface area contributed by atoms with Crippen molar-refractivity contribution in [3.63, 3.8) is 0 Å². The van der Waals surface area contributed by atoms with Gasteiger partial charge in [-0.25, -0.2) is 4.57 Å². The van der Waals surface area contributed by atoms with Crippen LogP contribution < -0.4 is 4.57 Å². The van der Waals surface area contributed by atoms with E-state index < -0.39 is 0 Å². The fraction of sp³-hybridized carbons (Fsp3) is 0.250.